The molecular weight excluding hydrogens is 266 g/mol. The minimum atomic E-state index is -0.197. The van der Waals surface area contributed by atoms with Crippen LogP contribution in [0.15, 0.2) is 24.3 Å². The lowest BCUT2D eigenvalue weighted by atomic mass is 10.2. The van der Waals surface area contributed by atoms with Crippen LogP contribution >= 0.6 is 0 Å². The largest absolute Gasteiger partial charge is 0.369 e. The first-order chi connectivity index (χ1) is 10.1. The molecule has 0 bridgehead atoms. The molecule has 0 radical (unpaired) electrons. The predicted molar refractivity (Wildman–Crippen MR) is 81.5 cm³/mol. The van der Waals surface area contributed by atoms with Crippen molar-refractivity contribution in [3.8, 4) is 5.69 Å². The van der Waals surface area contributed by atoms with Crippen molar-refractivity contribution in [2.45, 2.75) is 13.0 Å². The van der Waals surface area contributed by atoms with Crippen LogP contribution in [-0.4, -0.2) is 58.3 Å². The molecule has 1 aromatic heterocycles. The number of tetrazole rings is 1. The molecule has 1 atom stereocenters. The van der Waals surface area contributed by atoms with Crippen LogP contribution in [0.2, 0.25) is 0 Å². The summed E-state index contributed by atoms with van der Waals surface area (Å²) < 4.78 is 1.69. The quantitative estimate of drug-likeness (QED) is 0.882. The minimum Gasteiger partial charge on any atom is -0.369 e. The van der Waals surface area contributed by atoms with E-state index in [1.54, 1.807) is 4.68 Å². The summed E-state index contributed by atoms with van der Waals surface area (Å²) in [5.74, 6) is 0.669. The average Bonchev–Trinajstić information content (AvgIpc) is 2.98. The van der Waals surface area contributed by atoms with E-state index in [9.17, 15) is 0 Å². The lowest BCUT2D eigenvalue weighted by Crippen LogP contribution is -2.44. The number of anilines is 1. The van der Waals surface area contributed by atoms with Gasteiger partial charge in [-0.15, -0.1) is 5.10 Å². The molecule has 1 aromatic carbocycles. The minimum absolute atomic E-state index is 0.197. The van der Waals surface area contributed by atoms with Gasteiger partial charge in [-0.3, -0.25) is 0 Å². The third-order valence-corrected chi connectivity index (χ3v) is 3.86. The zero-order chi connectivity index (χ0) is 14.8. The van der Waals surface area contributed by atoms with Crippen LogP contribution in [0, 0.1) is 0 Å². The van der Waals surface area contributed by atoms with Crippen LogP contribution in [0.5, 0.6) is 0 Å². The average molecular weight is 287 g/mol. The fourth-order valence-electron chi connectivity index (χ4n) is 2.53. The standard InChI is InChI=1S/C14H21N7/c1-11(15)14-16-17-18-21(14)13-5-3-12(4-6-13)20-9-7-19(2)8-10-20/h3-6,11H,7-10,15H2,1-2H3. The van der Waals surface area contributed by atoms with E-state index in [2.05, 4.69) is 44.5 Å². The number of hydrogen-bond acceptors (Lipinski definition) is 6. The van der Waals surface area contributed by atoms with Crippen LogP contribution in [-0.2, 0) is 0 Å². The fourth-order valence-corrected chi connectivity index (χ4v) is 2.53. The number of nitrogens with two attached hydrogens (primary N) is 1. The summed E-state index contributed by atoms with van der Waals surface area (Å²) in [6, 6.07) is 8.11. The Balaban J connectivity index is 1.79. The number of rotatable bonds is 3. The summed E-state index contributed by atoms with van der Waals surface area (Å²) in [5, 5.41) is 11.7. The molecule has 0 spiro atoms. The lowest BCUT2D eigenvalue weighted by molar-refractivity contribution is 0.313. The molecule has 1 aliphatic heterocycles. The molecule has 7 heteroatoms. The summed E-state index contributed by atoms with van der Waals surface area (Å²) >= 11 is 0. The smallest absolute Gasteiger partial charge is 0.173 e. The van der Waals surface area contributed by atoms with Gasteiger partial charge in [0.05, 0.1) is 11.7 Å². The van der Waals surface area contributed by atoms with Gasteiger partial charge in [-0.2, -0.15) is 4.68 Å². The van der Waals surface area contributed by atoms with Gasteiger partial charge in [-0.1, -0.05) is 0 Å². The van der Waals surface area contributed by atoms with Gasteiger partial charge in [0.25, 0.3) is 0 Å². The normalized spacial score (nSPS) is 18.0. The van der Waals surface area contributed by atoms with E-state index < -0.39 is 0 Å². The summed E-state index contributed by atoms with van der Waals surface area (Å²) in [6.45, 7) is 6.20. The first-order valence-electron chi connectivity index (χ1n) is 7.23. The molecule has 0 amide bonds. The van der Waals surface area contributed by atoms with Gasteiger partial charge in [-0.25, -0.2) is 0 Å². The molecule has 2 N–H and O–H groups in total. The maximum absolute atomic E-state index is 5.88. The molecule has 112 valence electrons. The second-order valence-electron chi connectivity index (χ2n) is 5.54. The Bertz CT molecular complexity index is 582. The number of benzene rings is 1. The van der Waals surface area contributed by atoms with Crippen molar-refractivity contribution < 1.29 is 0 Å². The van der Waals surface area contributed by atoms with Crippen molar-refractivity contribution in [2.24, 2.45) is 5.73 Å². The van der Waals surface area contributed by atoms with Crippen LogP contribution in [0.1, 0.15) is 18.8 Å². The molecule has 1 saturated heterocycles. The molecule has 2 heterocycles. The lowest BCUT2D eigenvalue weighted by Gasteiger charge is -2.34. The van der Waals surface area contributed by atoms with E-state index >= 15 is 0 Å². The van der Waals surface area contributed by atoms with Crippen LogP contribution in [0.3, 0.4) is 0 Å². The van der Waals surface area contributed by atoms with E-state index in [0.29, 0.717) is 5.82 Å². The molecule has 0 saturated carbocycles. The highest BCUT2D eigenvalue weighted by molar-refractivity contribution is 5.51. The summed E-state index contributed by atoms with van der Waals surface area (Å²) in [4.78, 5) is 4.75. The zero-order valence-electron chi connectivity index (χ0n) is 12.5. The first kappa shape index (κ1) is 14.0. The highest BCUT2D eigenvalue weighted by Gasteiger charge is 2.15. The Labute approximate surface area is 124 Å². The van der Waals surface area contributed by atoms with E-state index in [1.165, 1.54) is 5.69 Å². The van der Waals surface area contributed by atoms with Gasteiger partial charge in [0.1, 0.15) is 0 Å². The molecule has 21 heavy (non-hydrogen) atoms. The van der Waals surface area contributed by atoms with Gasteiger partial charge in [0.2, 0.25) is 0 Å². The van der Waals surface area contributed by atoms with Gasteiger partial charge in [0, 0.05) is 31.9 Å². The van der Waals surface area contributed by atoms with Crippen molar-refractivity contribution in [2.75, 3.05) is 38.1 Å². The molecule has 7 nitrogen and oxygen atoms in total. The van der Waals surface area contributed by atoms with E-state index in [1.807, 2.05) is 19.1 Å². The number of hydrogen-bond donors (Lipinski definition) is 1. The zero-order valence-corrected chi connectivity index (χ0v) is 12.5. The predicted octanol–water partition coefficient (Wildman–Crippen LogP) is 0.434. The Morgan fingerprint density at radius 2 is 1.67 bits per heavy atom. The Morgan fingerprint density at radius 1 is 1.05 bits per heavy atom. The van der Waals surface area contributed by atoms with Gasteiger partial charge in [-0.05, 0) is 48.7 Å². The fraction of sp³-hybridized carbons (Fsp3) is 0.500. The maximum atomic E-state index is 5.88. The van der Waals surface area contributed by atoms with Crippen LogP contribution in [0.4, 0.5) is 5.69 Å². The number of aromatic nitrogens is 4. The number of nitrogens with zero attached hydrogens (tertiary/aromatic N) is 6. The molecule has 2 aromatic rings. The second-order valence-corrected chi connectivity index (χ2v) is 5.54. The van der Waals surface area contributed by atoms with Crippen molar-refractivity contribution >= 4 is 5.69 Å². The molecular formula is C14H21N7. The van der Waals surface area contributed by atoms with Gasteiger partial charge >= 0.3 is 0 Å². The highest BCUT2D eigenvalue weighted by atomic mass is 15.5. The second kappa shape index (κ2) is 5.79. The Kier molecular flexibility index (Phi) is 3.85. The first-order valence-corrected chi connectivity index (χ1v) is 7.23. The number of likely N-dealkylation sites (N-methyl/N-ethyl adjacent to an activating group) is 1. The SMILES string of the molecule is CC(N)c1nnnn1-c1ccc(N2CCN(C)CC2)cc1. The molecule has 0 aliphatic carbocycles. The maximum Gasteiger partial charge on any atom is 0.173 e. The monoisotopic (exact) mass is 287 g/mol. The van der Waals surface area contributed by atoms with Crippen LogP contribution in [0.25, 0.3) is 5.69 Å². The number of piperazine rings is 1. The molecule has 3 rings (SSSR count). The Morgan fingerprint density at radius 3 is 2.29 bits per heavy atom. The van der Waals surface area contributed by atoms with Crippen LogP contribution < -0.4 is 10.6 Å². The molecule has 1 unspecified atom stereocenters. The molecule has 1 fully saturated rings. The third kappa shape index (κ3) is 2.88. The Hall–Kier alpha value is -1.99. The van der Waals surface area contributed by atoms with Crippen molar-refractivity contribution in [3.63, 3.8) is 0 Å². The van der Waals surface area contributed by atoms with Crippen molar-refractivity contribution in [3.05, 3.63) is 30.1 Å². The third-order valence-electron chi connectivity index (χ3n) is 3.86. The van der Waals surface area contributed by atoms with Crippen molar-refractivity contribution in [1.29, 1.82) is 0 Å². The molecule has 1 aliphatic rings. The topological polar surface area (TPSA) is 76.1 Å². The van der Waals surface area contributed by atoms with Crippen molar-refractivity contribution in [1.82, 2.24) is 25.1 Å². The highest BCUT2D eigenvalue weighted by Crippen LogP contribution is 2.19. The summed E-state index contributed by atoms with van der Waals surface area (Å²) in [5.41, 5.74) is 8.05. The van der Waals surface area contributed by atoms with E-state index in [4.69, 9.17) is 5.73 Å². The van der Waals surface area contributed by atoms with Gasteiger partial charge in [0.15, 0.2) is 5.82 Å². The summed E-state index contributed by atoms with van der Waals surface area (Å²) in [7, 11) is 2.16. The summed E-state index contributed by atoms with van der Waals surface area (Å²) in [6.07, 6.45) is 0. The van der Waals surface area contributed by atoms with E-state index in [-0.39, 0.29) is 6.04 Å². The van der Waals surface area contributed by atoms with E-state index in [0.717, 1.165) is 31.9 Å². The van der Waals surface area contributed by atoms with Gasteiger partial charge < -0.3 is 15.5 Å².